The SMILES string of the molecule is Brc1ccccc1-c1csc(N2CCOCC2)n1. The minimum absolute atomic E-state index is 0.796. The van der Waals surface area contributed by atoms with Gasteiger partial charge < -0.3 is 9.64 Å². The van der Waals surface area contributed by atoms with Gasteiger partial charge in [0.15, 0.2) is 5.13 Å². The summed E-state index contributed by atoms with van der Waals surface area (Å²) in [6, 6.07) is 8.18. The van der Waals surface area contributed by atoms with Gasteiger partial charge in [0.2, 0.25) is 0 Å². The molecule has 0 bridgehead atoms. The molecular formula is C13H13BrN2OS. The number of rotatable bonds is 2. The predicted molar refractivity (Wildman–Crippen MR) is 78.3 cm³/mol. The Balaban J connectivity index is 1.87. The quantitative estimate of drug-likeness (QED) is 0.846. The summed E-state index contributed by atoms with van der Waals surface area (Å²) < 4.78 is 6.45. The van der Waals surface area contributed by atoms with E-state index in [1.165, 1.54) is 0 Å². The standard InChI is InChI=1S/C13H13BrN2OS/c14-11-4-2-1-3-10(11)12-9-18-13(15-12)16-5-7-17-8-6-16/h1-4,9H,5-8H2. The normalized spacial score (nSPS) is 15.9. The van der Waals surface area contributed by atoms with Crippen molar-refractivity contribution in [2.75, 3.05) is 31.2 Å². The zero-order chi connectivity index (χ0) is 12.4. The van der Waals surface area contributed by atoms with Crippen LogP contribution in [-0.4, -0.2) is 31.3 Å². The van der Waals surface area contributed by atoms with Crippen LogP contribution in [-0.2, 0) is 4.74 Å². The van der Waals surface area contributed by atoms with Crippen LogP contribution in [0.25, 0.3) is 11.3 Å². The number of thiazole rings is 1. The fraction of sp³-hybridized carbons (Fsp3) is 0.308. The molecule has 0 unspecified atom stereocenters. The second-order valence-electron chi connectivity index (χ2n) is 4.09. The predicted octanol–water partition coefficient (Wildman–Crippen LogP) is 3.41. The zero-order valence-corrected chi connectivity index (χ0v) is 12.2. The van der Waals surface area contributed by atoms with E-state index in [0.29, 0.717) is 0 Å². The van der Waals surface area contributed by atoms with Crippen LogP contribution in [0.4, 0.5) is 5.13 Å². The van der Waals surface area contributed by atoms with Crippen molar-refractivity contribution in [2.24, 2.45) is 0 Å². The summed E-state index contributed by atoms with van der Waals surface area (Å²) in [5, 5.41) is 3.20. The molecule has 2 heterocycles. The first kappa shape index (κ1) is 12.1. The molecule has 1 aromatic carbocycles. The number of morpholine rings is 1. The Morgan fingerprint density at radius 3 is 2.78 bits per heavy atom. The smallest absolute Gasteiger partial charge is 0.186 e. The summed E-state index contributed by atoms with van der Waals surface area (Å²) >= 11 is 5.27. The molecule has 1 fully saturated rings. The van der Waals surface area contributed by atoms with Gasteiger partial charge in [-0.15, -0.1) is 11.3 Å². The van der Waals surface area contributed by atoms with Crippen molar-refractivity contribution in [1.82, 2.24) is 4.98 Å². The van der Waals surface area contributed by atoms with Crippen molar-refractivity contribution in [3.05, 3.63) is 34.1 Å². The average molecular weight is 325 g/mol. The maximum absolute atomic E-state index is 5.36. The molecule has 0 atom stereocenters. The van der Waals surface area contributed by atoms with Crippen molar-refractivity contribution < 1.29 is 4.74 Å². The summed E-state index contributed by atoms with van der Waals surface area (Å²) in [6.45, 7) is 3.46. The van der Waals surface area contributed by atoms with E-state index in [4.69, 9.17) is 9.72 Å². The molecule has 0 radical (unpaired) electrons. The zero-order valence-electron chi connectivity index (χ0n) is 9.80. The number of ether oxygens (including phenoxy) is 1. The molecule has 1 saturated heterocycles. The van der Waals surface area contributed by atoms with Crippen molar-refractivity contribution >= 4 is 32.4 Å². The van der Waals surface area contributed by atoms with Gasteiger partial charge >= 0.3 is 0 Å². The summed E-state index contributed by atoms with van der Waals surface area (Å²) in [7, 11) is 0. The van der Waals surface area contributed by atoms with Crippen LogP contribution in [0.3, 0.4) is 0 Å². The maximum atomic E-state index is 5.36. The van der Waals surface area contributed by atoms with E-state index in [0.717, 1.165) is 47.2 Å². The molecule has 3 rings (SSSR count). The van der Waals surface area contributed by atoms with E-state index < -0.39 is 0 Å². The van der Waals surface area contributed by atoms with Crippen LogP contribution >= 0.6 is 27.3 Å². The third-order valence-electron chi connectivity index (χ3n) is 2.92. The van der Waals surface area contributed by atoms with Gasteiger partial charge in [-0.25, -0.2) is 4.98 Å². The molecule has 0 saturated carbocycles. The highest BCUT2D eigenvalue weighted by Crippen LogP contribution is 2.32. The lowest BCUT2D eigenvalue weighted by atomic mass is 10.2. The second kappa shape index (κ2) is 5.38. The molecule has 0 spiro atoms. The molecule has 1 aromatic heterocycles. The number of nitrogens with zero attached hydrogens (tertiary/aromatic N) is 2. The number of aromatic nitrogens is 1. The molecule has 0 amide bonds. The van der Waals surface area contributed by atoms with E-state index in [-0.39, 0.29) is 0 Å². The third kappa shape index (κ3) is 2.43. The number of benzene rings is 1. The number of halogens is 1. The molecule has 0 N–H and O–H groups in total. The average Bonchev–Trinajstić information content (AvgIpc) is 2.90. The summed E-state index contributed by atoms with van der Waals surface area (Å²) in [6.07, 6.45) is 0. The van der Waals surface area contributed by atoms with E-state index in [1.807, 2.05) is 18.2 Å². The van der Waals surface area contributed by atoms with Crippen molar-refractivity contribution in [2.45, 2.75) is 0 Å². The van der Waals surface area contributed by atoms with Gasteiger partial charge in [-0.05, 0) is 6.07 Å². The van der Waals surface area contributed by atoms with Crippen molar-refractivity contribution in [3.8, 4) is 11.3 Å². The minimum atomic E-state index is 0.796. The monoisotopic (exact) mass is 324 g/mol. The topological polar surface area (TPSA) is 25.4 Å². The molecular weight excluding hydrogens is 312 g/mol. The van der Waals surface area contributed by atoms with Crippen molar-refractivity contribution in [1.29, 1.82) is 0 Å². The lowest BCUT2D eigenvalue weighted by Crippen LogP contribution is -2.36. The minimum Gasteiger partial charge on any atom is -0.378 e. The fourth-order valence-electron chi connectivity index (χ4n) is 1.96. The van der Waals surface area contributed by atoms with E-state index >= 15 is 0 Å². The molecule has 5 heteroatoms. The highest BCUT2D eigenvalue weighted by atomic mass is 79.9. The van der Waals surface area contributed by atoms with Gasteiger partial charge in [0.05, 0.1) is 18.9 Å². The Morgan fingerprint density at radius 1 is 1.22 bits per heavy atom. The van der Waals surface area contributed by atoms with Crippen LogP contribution in [0.2, 0.25) is 0 Å². The highest BCUT2D eigenvalue weighted by molar-refractivity contribution is 9.10. The Hall–Kier alpha value is -0.910. The van der Waals surface area contributed by atoms with E-state index in [1.54, 1.807) is 11.3 Å². The summed E-state index contributed by atoms with van der Waals surface area (Å²) in [5.74, 6) is 0. The first-order valence-electron chi connectivity index (χ1n) is 5.88. The third-order valence-corrected chi connectivity index (χ3v) is 4.52. The Morgan fingerprint density at radius 2 is 2.00 bits per heavy atom. The fourth-order valence-corrected chi connectivity index (χ4v) is 3.32. The number of anilines is 1. The molecule has 1 aliphatic heterocycles. The molecule has 18 heavy (non-hydrogen) atoms. The van der Waals surface area contributed by atoms with Crippen LogP contribution < -0.4 is 4.90 Å². The number of hydrogen-bond acceptors (Lipinski definition) is 4. The van der Waals surface area contributed by atoms with E-state index in [9.17, 15) is 0 Å². The van der Waals surface area contributed by atoms with Gasteiger partial charge in [0.25, 0.3) is 0 Å². The maximum Gasteiger partial charge on any atom is 0.186 e. The summed E-state index contributed by atoms with van der Waals surface area (Å²) in [4.78, 5) is 7.01. The first-order valence-corrected chi connectivity index (χ1v) is 7.55. The van der Waals surface area contributed by atoms with Gasteiger partial charge in [0, 0.05) is 28.5 Å². The van der Waals surface area contributed by atoms with Crippen LogP contribution in [0.15, 0.2) is 34.1 Å². The molecule has 0 aliphatic carbocycles. The lowest BCUT2D eigenvalue weighted by Gasteiger charge is -2.26. The van der Waals surface area contributed by atoms with Gasteiger partial charge in [-0.1, -0.05) is 34.1 Å². The first-order chi connectivity index (χ1) is 8.84. The molecule has 2 aromatic rings. The van der Waals surface area contributed by atoms with Crippen LogP contribution in [0.5, 0.6) is 0 Å². The summed E-state index contributed by atoms with van der Waals surface area (Å²) in [5.41, 5.74) is 2.18. The largest absolute Gasteiger partial charge is 0.378 e. The molecule has 94 valence electrons. The molecule has 1 aliphatic rings. The van der Waals surface area contributed by atoms with Crippen LogP contribution in [0, 0.1) is 0 Å². The lowest BCUT2D eigenvalue weighted by molar-refractivity contribution is 0.122. The Kier molecular flexibility index (Phi) is 3.63. The number of hydrogen-bond donors (Lipinski definition) is 0. The van der Waals surface area contributed by atoms with Gasteiger partial charge in [0.1, 0.15) is 0 Å². The molecule has 3 nitrogen and oxygen atoms in total. The Labute approximate surface area is 119 Å². The Bertz CT molecular complexity index is 537. The van der Waals surface area contributed by atoms with Crippen LogP contribution in [0.1, 0.15) is 0 Å². The van der Waals surface area contributed by atoms with Gasteiger partial charge in [-0.3, -0.25) is 0 Å². The highest BCUT2D eigenvalue weighted by Gasteiger charge is 2.15. The van der Waals surface area contributed by atoms with E-state index in [2.05, 4.69) is 32.3 Å². The van der Waals surface area contributed by atoms with Crippen molar-refractivity contribution in [3.63, 3.8) is 0 Å². The van der Waals surface area contributed by atoms with Gasteiger partial charge in [-0.2, -0.15) is 0 Å². The second-order valence-corrected chi connectivity index (χ2v) is 5.79.